The summed E-state index contributed by atoms with van der Waals surface area (Å²) in [7, 11) is 0. The molecule has 84 valence electrons. The Bertz CT molecular complexity index is 498. The molecule has 0 spiro atoms. The first-order chi connectivity index (χ1) is 7.65. The van der Waals surface area contributed by atoms with Crippen molar-refractivity contribution < 1.29 is 8.78 Å². The summed E-state index contributed by atoms with van der Waals surface area (Å²) in [5.41, 5.74) is 0.311. The zero-order valence-electron chi connectivity index (χ0n) is 8.14. The normalized spacial score (nSPS) is 10.4. The van der Waals surface area contributed by atoms with Gasteiger partial charge in [-0.1, -0.05) is 0 Å². The maximum atomic E-state index is 13.3. The van der Waals surface area contributed by atoms with Crippen LogP contribution in [0, 0.1) is 11.6 Å². The summed E-state index contributed by atoms with van der Waals surface area (Å²) in [6, 6.07) is 5.45. The van der Waals surface area contributed by atoms with Crippen LogP contribution >= 0.6 is 27.3 Å². The van der Waals surface area contributed by atoms with Crippen molar-refractivity contribution in [2.45, 2.75) is 6.54 Å². The molecule has 16 heavy (non-hydrogen) atoms. The van der Waals surface area contributed by atoms with Crippen LogP contribution in [0.2, 0.25) is 0 Å². The van der Waals surface area contributed by atoms with E-state index in [-0.39, 0.29) is 0 Å². The Morgan fingerprint density at radius 3 is 2.69 bits per heavy atom. The second kappa shape index (κ2) is 4.93. The quantitative estimate of drug-likeness (QED) is 0.886. The highest BCUT2D eigenvalue weighted by molar-refractivity contribution is 9.10. The smallest absolute Gasteiger partial charge is 0.149 e. The van der Waals surface area contributed by atoms with Crippen molar-refractivity contribution >= 4 is 33.0 Å². The number of hydrogen-bond acceptors (Lipinski definition) is 2. The van der Waals surface area contributed by atoms with Gasteiger partial charge in [-0.3, -0.25) is 0 Å². The van der Waals surface area contributed by atoms with Crippen molar-refractivity contribution in [2.75, 3.05) is 5.32 Å². The van der Waals surface area contributed by atoms with Gasteiger partial charge in [-0.25, -0.2) is 8.78 Å². The predicted molar refractivity (Wildman–Crippen MR) is 65.7 cm³/mol. The summed E-state index contributed by atoms with van der Waals surface area (Å²) in [5.74, 6) is -1.14. The van der Waals surface area contributed by atoms with Crippen LogP contribution in [0.1, 0.15) is 4.88 Å². The van der Waals surface area contributed by atoms with Gasteiger partial charge in [-0.15, -0.1) is 11.3 Å². The Morgan fingerprint density at radius 2 is 2.06 bits per heavy atom. The summed E-state index contributed by atoms with van der Waals surface area (Å²) in [5, 5.41) is 4.87. The Balaban J connectivity index is 2.04. The zero-order chi connectivity index (χ0) is 11.5. The summed E-state index contributed by atoms with van der Waals surface area (Å²) in [6.07, 6.45) is 0. The largest absolute Gasteiger partial charge is 0.378 e. The molecule has 2 rings (SSSR count). The standard InChI is InChI=1S/C11H8BrF2NS/c12-7-3-9(16-6-7)5-15-11-2-1-8(13)4-10(11)14/h1-4,6,15H,5H2. The number of benzene rings is 1. The van der Waals surface area contributed by atoms with Crippen molar-refractivity contribution in [1.82, 2.24) is 0 Å². The summed E-state index contributed by atoms with van der Waals surface area (Å²) >= 11 is 4.91. The van der Waals surface area contributed by atoms with Gasteiger partial charge in [0.1, 0.15) is 11.6 Å². The molecule has 0 saturated carbocycles. The molecule has 0 radical (unpaired) electrons. The van der Waals surface area contributed by atoms with Gasteiger partial charge in [-0.05, 0) is 34.1 Å². The van der Waals surface area contributed by atoms with Gasteiger partial charge in [0.25, 0.3) is 0 Å². The summed E-state index contributed by atoms with van der Waals surface area (Å²) < 4.78 is 26.9. The van der Waals surface area contributed by atoms with Crippen molar-refractivity contribution in [3.63, 3.8) is 0 Å². The molecule has 0 unspecified atom stereocenters. The van der Waals surface area contributed by atoms with Crippen LogP contribution in [0.25, 0.3) is 0 Å². The third kappa shape index (κ3) is 2.80. The lowest BCUT2D eigenvalue weighted by Gasteiger charge is -2.05. The second-order valence-electron chi connectivity index (χ2n) is 3.21. The molecule has 1 heterocycles. The van der Waals surface area contributed by atoms with Crippen molar-refractivity contribution in [2.24, 2.45) is 0 Å². The van der Waals surface area contributed by atoms with Gasteiger partial charge in [-0.2, -0.15) is 0 Å². The van der Waals surface area contributed by atoms with E-state index in [0.717, 1.165) is 15.4 Å². The number of rotatable bonds is 3. The minimum atomic E-state index is -0.573. The molecule has 0 aliphatic carbocycles. The third-order valence-corrected chi connectivity index (χ3v) is 3.70. The molecule has 1 N–H and O–H groups in total. The lowest BCUT2D eigenvalue weighted by molar-refractivity contribution is 0.585. The maximum absolute atomic E-state index is 13.3. The van der Waals surface area contributed by atoms with E-state index in [2.05, 4.69) is 21.2 Å². The van der Waals surface area contributed by atoms with E-state index in [1.165, 1.54) is 12.1 Å². The fourth-order valence-corrected chi connectivity index (χ4v) is 2.65. The topological polar surface area (TPSA) is 12.0 Å². The van der Waals surface area contributed by atoms with Crippen LogP contribution in [0.5, 0.6) is 0 Å². The molecular formula is C11H8BrF2NS. The average molecular weight is 304 g/mol. The number of thiophene rings is 1. The first-order valence-electron chi connectivity index (χ1n) is 4.57. The van der Waals surface area contributed by atoms with E-state index in [0.29, 0.717) is 12.2 Å². The Hall–Kier alpha value is -0.940. The van der Waals surface area contributed by atoms with Crippen LogP contribution in [0.3, 0.4) is 0 Å². The minimum Gasteiger partial charge on any atom is -0.378 e. The van der Waals surface area contributed by atoms with Gasteiger partial charge >= 0.3 is 0 Å². The van der Waals surface area contributed by atoms with Crippen LogP contribution in [-0.2, 0) is 6.54 Å². The molecule has 2 aromatic rings. The molecule has 0 aliphatic heterocycles. The Labute approximate surface area is 104 Å². The fraction of sp³-hybridized carbons (Fsp3) is 0.0909. The van der Waals surface area contributed by atoms with Crippen molar-refractivity contribution in [1.29, 1.82) is 0 Å². The SMILES string of the molecule is Fc1ccc(NCc2cc(Br)cs2)c(F)c1. The lowest BCUT2D eigenvalue weighted by Crippen LogP contribution is -2.00. The Morgan fingerprint density at radius 1 is 1.25 bits per heavy atom. The monoisotopic (exact) mass is 303 g/mol. The number of hydrogen-bond donors (Lipinski definition) is 1. The highest BCUT2D eigenvalue weighted by atomic mass is 79.9. The van der Waals surface area contributed by atoms with Crippen LogP contribution in [-0.4, -0.2) is 0 Å². The van der Waals surface area contributed by atoms with Gasteiger partial charge in [0, 0.05) is 27.3 Å². The van der Waals surface area contributed by atoms with E-state index in [1.54, 1.807) is 11.3 Å². The molecule has 1 nitrogen and oxygen atoms in total. The summed E-state index contributed by atoms with van der Waals surface area (Å²) in [6.45, 7) is 0.527. The highest BCUT2D eigenvalue weighted by Crippen LogP contribution is 2.22. The van der Waals surface area contributed by atoms with E-state index in [1.807, 2.05) is 11.4 Å². The molecule has 0 saturated heterocycles. The molecule has 0 atom stereocenters. The average Bonchev–Trinajstić information content (AvgIpc) is 2.63. The van der Waals surface area contributed by atoms with Crippen LogP contribution < -0.4 is 5.32 Å². The van der Waals surface area contributed by atoms with Crippen molar-refractivity contribution in [3.05, 3.63) is 50.6 Å². The van der Waals surface area contributed by atoms with Gasteiger partial charge in [0.2, 0.25) is 0 Å². The summed E-state index contributed by atoms with van der Waals surface area (Å²) in [4.78, 5) is 1.08. The zero-order valence-corrected chi connectivity index (χ0v) is 10.5. The first-order valence-corrected chi connectivity index (χ1v) is 6.24. The van der Waals surface area contributed by atoms with Crippen molar-refractivity contribution in [3.8, 4) is 0 Å². The van der Waals surface area contributed by atoms with Gasteiger partial charge < -0.3 is 5.32 Å². The second-order valence-corrected chi connectivity index (χ2v) is 5.12. The van der Waals surface area contributed by atoms with E-state index in [4.69, 9.17) is 0 Å². The molecule has 1 aromatic heterocycles. The number of anilines is 1. The molecule has 0 amide bonds. The molecule has 0 fully saturated rings. The molecular weight excluding hydrogens is 296 g/mol. The van der Waals surface area contributed by atoms with E-state index < -0.39 is 11.6 Å². The van der Waals surface area contributed by atoms with Gasteiger partial charge in [0.15, 0.2) is 0 Å². The van der Waals surface area contributed by atoms with Gasteiger partial charge in [0.05, 0.1) is 5.69 Å². The minimum absolute atomic E-state index is 0.311. The predicted octanol–water partition coefficient (Wildman–Crippen LogP) is 4.40. The molecule has 0 bridgehead atoms. The number of nitrogens with one attached hydrogen (secondary N) is 1. The van der Waals surface area contributed by atoms with E-state index in [9.17, 15) is 8.78 Å². The molecule has 5 heteroatoms. The fourth-order valence-electron chi connectivity index (χ4n) is 1.26. The molecule has 1 aromatic carbocycles. The number of halogens is 3. The highest BCUT2D eigenvalue weighted by Gasteiger charge is 2.04. The molecule has 0 aliphatic rings. The maximum Gasteiger partial charge on any atom is 0.149 e. The lowest BCUT2D eigenvalue weighted by atomic mass is 10.3. The third-order valence-electron chi connectivity index (χ3n) is 2.01. The van der Waals surface area contributed by atoms with E-state index >= 15 is 0 Å². The first kappa shape index (κ1) is 11.5. The van der Waals surface area contributed by atoms with Crippen LogP contribution in [0.4, 0.5) is 14.5 Å². The Kier molecular flexibility index (Phi) is 3.56. The van der Waals surface area contributed by atoms with Crippen LogP contribution in [0.15, 0.2) is 34.1 Å².